The molecule has 0 aliphatic rings. The molecule has 4 rings (SSSR count). The van der Waals surface area contributed by atoms with E-state index in [9.17, 15) is 19.7 Å². The van der Waals surface area contributed by atoms with Gasteiger partial charge in [0.2, 0.25) is 0 Å². The lowest BCUT2D eigenvalue weighted by atomic mass is 9.95. The van der Waals surface area contributed by atoms with Crippen LogP contribution in [0.15, 0.2) is 72.8 Å². The second-order valence-corrected chi connectivity index (χ2v) is 9.64. The normalized spacial score (nSPS) is 10.7. The lowest BCUT2D eigenvalue weighted by Gasteiger charge is -2.14. The maximum Gasteiger partial charge on any atom is 0.274 e. The molecule has 188 valence electrons. The molecule has 0 radical (unpaired) electrons. The van der Waals surface area contributed by atoms with Gasteiger partial charge in [0.25, 0.3) is 5.69 Å². The zero-order chi connectivity index (χ0) is 26.5. The van der Waals surface area contributed by atoms with Gasteiger partial charge in [-0.05, 0) is 41.8 Å². The number of nitrogens with zero attached hydrogens (tertiary/aromatic N) is 1. The number of nitro groups is 1. The third kappa shape index (κ3) is 5.76. The predicted molar refractivity (Wildman–Crippen MR) is 144 cm³/mol. The number of hydrogen-bond donors (Lipinski definition) is 0. The molecule has 4 aromatic rings. The number of hydrogen-bond acceptors (Lipinski definition) is 7. The van der Waals surface area contributed by atoms with E-state index in [1.54, 1.807) is 42.5 Å². The summed E-state index contributed by atoms with van der Waals surface area (Å²) >= 11 is 1.55. The first-order valence-corrected chi connectivity index (χ1v) is 12.3. The fourth-order valence-electron chi connectivity index (χ4n) is 4.18. The van der Waals surface area contributed by atoms with Gasteiger partial charge >= 0.3 is 0 Å². The number of methoxy groups -OCH3 is 2. The number of ketones is 2. The summed E-state index contributed by atoms with van der Waals surface area (Å²) in [6, 6.07) is 21.3. The Hall–Kier alpha value is -4.30. The Morgan fingerprint density at radius 3 is 2.38 bits per heavy atom. The largest absolute Gasteiger partial charge is 0.493 e. The van der Waals surface area contributed by atoms with Gasteiger partial charge in [0.05, 0.1) is 25.2 Å². The molecule has 7 nitrogen and oxygen atoms in total. The van der Waals surface area contributed by atoms with Crippen LogP contribution in [0.2, 0.25) is 0 Å². The molecule has 0 bridgehead atoms. The van der Waals surface area contributed by atoms with Gasteiger partial charge in [-0.1, -0.05) is 42.5 Å². The summed E-state index contributed by atoms with van der Waals surface area (Å²) in [5.41, 5.74) is 3.23. The van der Waals surface area contributed by atoms with Crippen molar-refractivity contribution in [2.45, 2.75) is 19.8 Å². The smallest absolute Gasteiger partial charge is 0.274 e. The van der Waals surface area contributed by atoms with Crippen molar-refractivity contribution in [1.29, 1.82) is 0 Å². The van der Waals surface area contributed by atoms with Gasteiger partial charge in [-0.15, -0.1) is 11.3 Å². The molecule has 8 heteroatoms. The van der Waals surface area contributed by atoms with Crippen molar-refractivity contribution < 1.29 is 24.0 Å². The molecular weight excluding hydrogens is 490 g/mol. The minimum absolute atomic E-state index is 0.0915. The number of thiophene rings is 1. The van der Waals surface area contributed by atoms with Crippen LogP contribution >= 0.6 is 11.3 Å². The van der Waals surface area contributed by atoms with E-state index >= 15 is 0 Å². The third-order valence-corrected chi connectivity index (χ3v) is 7.01. The summed E-state index contributed by atoms with van der Waals surface area (Å²) in [7, 11) is 2.88. The first-order chi connectivity index (χ1) is 17.8. The van der Waals surface area contributed by atoms with Crippen LogP contribution in [0.1, 0.15) is 27.7 Å². The van der Waals surface area contributed by atoms with Crippen molar-refractivity contribution in [2.75, 3.05) is 14.2 Å². The highest BCUT2D eigenvalue weighted by Gasteiger charge is 2.20. The molecule has 0 atom stereocenters. The first kappa shape index (κ1) is 25.8. The molecule has 0 fully saturated rings. The lowest BCUT2D eigenvalue weighted by molar-refractivity contribution is -0.384. The van der Waals surface area contributed by atoms with Gasteiger partial charge < -0.3 is 9.47 Å². The van der Waals surface area contributed by atoms with Gasteiger partial charge in [-0.3, -0.25) is 19.7 Å². The Morgan fingerprint density at radius 1 is 0.892 bits per heavy atom. The molecular formula is C29H25NO6S. The summed E-state index contributed by atoms with van der Waals surface area (Å²) < 4.78 is 10.8. The molecule has 0 N–H and O–H groups in total. The fraction of sp³-hybridized carbons (Fsp3) is 0.172. The number of non-ortho nitro benzene ring substituents is 1. The average molecular weight is 516 g/mol. The number of nitro benzene ring substituents is 1. The Labute approximate surface area is 218 Å². The van der Waals surface area contributed by atoms with E-state index in [4.69, 9.17) is 9.47 Å². The zero-order valence-corrected chi connectivity index (χ0v) is 21.5. The highest BCUT2D eigenvalue weighted by molar-refractivity contribution is 7.15. The van der Waals surface area contributed by atoms with Crippen molar-refractivity contribution in [2.24, 2.45) is 0 Å². The van der Waals surface area contributed by atoms with E-state index in [0.29, 0.717) is 28.9 Å². The highest BCUT2D eigenvalue weighted by Crippen LogP contribution is 2.41. The Kier molecular flexibility index (Phi) is 7.79. The maximum absolute atomic E-state index is 13.4. The van der Waals surface area contributed by atoms with Gasteiger partial charge in [0, 0.05) is 39.8 Å². The molecule has 0 saturated carbocycles. The van der Waals surface area contributed by atoms with Crippen molar-refractivity contribution in [3.8, 4) is 33.1 Å². The van der Waals surface area contributed by atoms with Gasteiger partial charge in [0.15, 0.2) is 17.3 Å². The van der Waals surface area contributed by atoms with Crippen LogP contribution in [0.4, 0.5) is 5.69 Å². The van der Waals surface area contributed by atoms with Crippen LogP contribution < -0.4 is 9.47 Å². The summed E-state index contributed by atoms with van der Waals surface area (Å²) in [5, 5.41) is 11.5. The maximum atomic E-state index is 13.4. The molecule has 0 aliphatic carbocycles. The minimum atomic E-state index is -0.496. The number of carbonyl (C=O) groups is 2. The highest BCUT2D eigenvalue weighted by atomic mass is 32.1. The fourth-order valence-corrected chi connectivity index (χ4v) is 5.32. The minimum Gasteiger partial charge on any atom is -0.493 e. The Balaban J connectivity index is 1.67. The van der Waals surface area contributed by atoms with Crippen LogP contribution in [0.3, 0.4) is 0 Å². The number of Topliss-reactive ketones (excluding diaryl/α,β-unsaturated/α-hetero) is 2. The average Bonchev–Trinajstić information content (AvgIpc) is 3.35. The number of ether oxygens (including phenoxy) is 2. The van der Waals surface area contributed by atoms with Gasteiger partial charge in [-0.25, -0.2) is 0 Å². The molecule has 1 heterocycles. The molecule has 1 aromatic heterocycles. The SMILES string of the molecule is COc1cc([N+](=O)[O-])cc(-c2cccc(C(=O)Cc3ccccc3-c3ccc(CC(C)=O)s3)c2)c1OC. The van der Waals surface area contributed by atoms with Crippen molar-refractivity contribution in [3.63, 3.8) is 0 Å². The quantitative estimate of drug-likeness (QED) is 0.135. The standard InChI is InChI=1S/C29H25NO6S/c1-18(31)13-23-11-12-28(37-23)24-10-5-4-7-20(24)15-26(32)21-9-6-8-19(14-21)25-16-22(30(33)34)17-27(35-2)29(25)36-3/h4-12,14,16-17H,13,15H2,1-3H3. The third-order valence-electron chi connectivity index (χ3n) is 5.89. The summed E-state index contributed by atoms with van der Waals surface area (Å²) in [5.74, 6) is 0.598. The number of carbonyl (C=O) groups excluding carboxylic acids is 2. The molecule has 0 aliphatic heterocycles. The summed E-state index contributed by atoms with van der Waals surface area (Å²) in [6.07, 6.45) is 0.569. The van der Waals surface area contributed by atoms with Crippen LogP contribution in [-0.2, 0) is 17.6 Å². The first-order valence-electron chi connectivity index (χ1n) is 11.5. The molecule has 0 spiro atoms. The van der Waals surface area contributed by atoms with Crippen LogP contribution in [0.5, 0.6) is 11.5 Å². The van der Waals surface area contributed by atoms with E-state index in [2.05, 4.69) is 0 Å². The molecule has 0 saturated heterocycles. The predicted octanol–water partition coefficient (Wildman–Crippen LogP) is 6.56. The Bertz CT molecular complexity index is 1490. The van der Waals surface area contributed by atoms with Gasteiger partial charge in [0.1, 0.15) is 5.78 Å². The van der Waals surface area contributed by atoms with E-state index in [1.807, 2.05) is 36.4 Å². The molecule has 3 aromatic carbocycles. The van der Waals surface area contributed by atoms with Crippen molar-refractivity contribution >= 4 is 28.6 Å². The topological polar surface area (TPSA) is 95.7 Å². The summed E-state index contributed by atoms with van der Waals surface area (Å²) in [6.45, 7) is 1.57. The van der Waals surface area contributed by atoms with Crippen LogP contribution in [0, 0.1) is 10.1 Å². The summed E-state index contributed by atoms with van der Waals surface area (Å²) in [4.78, 5) is 37.8. The lowest BCUT2D eigenvalue weighted by Crippen LogP contribution is -2.05. The van der Waals surface area contributed by atoms with Crippen molar-refractivity contribution in [3.05, 3.63) is 98.9 Å². The van der Waals surface area contributed by atoms with Crippen LogP contribution in [0.25, 0.3) is 21.6 Å². The zero-order valence-electron chi connectivity index (χ0n) is 20.6. The number of benzene rings is 3. The molecule has 37 heavy (non-hydrogen) atoms. The van der Waals surface area contributed by atoms with E-state index in [1.165, 1.54) is 26.4 Å². The van der Waals surface area contributed by atoms with E-state index in [0.717, 1.165) is 20.9 Å². The molecule has 0 amide bonds. The second kappa shape index (κ2) is 11.2. The van der Waals surface area contributed by atoms with Crippen molar-refractivity contribution in [1.82, 2.24) is 0 Å². The monoisotopic (exact) mass is 515 g/mol. The van der Waals surface area contributed by atoms with E-state index < -0.39 is 4.92 Å². The number of rotatable bonds is 10. The van der Waals surface area contributed by atoms with E-state index in [-0.39, 0.29) is 29.4 Å². The van der Waals surface area contributed by atoms with Gasteiger partial charge in [-0.2, -0.15) is 0 Å². The second-order valence-electron chi connectivity index (χ2n) is 8.47. The molecule has 0 unspecified atom stereocenters. The van der Waals surface area contributed by atoms with Crippen LogP contribution in [-0.4, -0.2) is 30.7 Å². The Morgan fingerprint density at radius 2 is 1.68 bits per heavy atom.